The summed E-state index contributed by atoms with van der Waals surface area (Å²) in [5.74, 6) is 0. The molecule has 6 heteroatoms. The fourth-order valence-corrected chi connectivity index (χ4v) is 3.13. The van der Waals surface area contributed by atoms with Gasteiger partial charge in [0.25, 0.3) is 0 Å². The number of nitrogens with one attached hydrogen (secondary N) is 2. The molecule has 2 amide bonds. The van der Waals surface area contributed by atoms with Crippen molar-refractivity contribution in [2.24, 2.45) is 0 Å². The third-order valence-corrected chi connectivity index (χ3v) is 5.40. The molecule has 1 aromatic carbocycles. The van der Waals surface area contributed by atoms with E-state index >= 15 is 0 Å². The van der Waals surface area contributed by atoms with Gasteiger partial charge in [-0.2, -0.15) is 10.2 Å². The molecule has 5 nitrogen and oxygen atoms in total. The molecule has 2 aromatic rings. The minimum atomic E-state index is -1.26. The number of nitrogens with zero attached hydrogens (tertiary/aromatic N) is 2. The Morgan fingerprint density at radius 3 is 2.32 bits per heavy atom. The van der Waals surface area contributed by atoms with E-state index < -0.39 is 8.07 Å². The zero-order valence-corrected chi connectivity index (χ0v) is 14.3. The topological polar surface area (TPSA) is 66.9 Å². The Kier molecular flexibility index (Phi) is 5.27. The summed E-state index contributed by atoms with van der Waals surface area (Å²) in [6.07, 6.45) is 1.60. The van der Waals surface area contributed by atoms with E-state index in [-0.39, 0.29) is 6.03 Å². The van der Waals surface area contributed by atoms with Crippen molar-refractivity contribution < 1.29 is 4.79 Å². The lowest BCUT2D eigenvalue weighted by Gasteiger charge is -2.16. The molecule has 0 aliphatic carbocycles. The maximum Gasteiger partial charge on any atom is 0.315 e. The molecule has 1 heterocycles. The number of urea groups is 1. The molecule has 0 spiro atoms. The van der Waals surface area contributed by atoms with Crippen molar-refractivity contribution in [3.05, 3.63) is 53.9 Å². The summed E-state index contributed by atoms with van der Waals surface area (Å²) in [4.78, 5) is 11.8. The summed E-state index contributed by atoms with van der Waals surface area (Å²) >= 11 is 0. The lowest BCUT2D eigenvalue weighted by atomic mass is 10.2. The van der Waals surface area contributed by atoms with E-state index in [2.05, 4.69) is 64.7 Å². The number of aromatic nitrogens is 2. The van der Waals surface area contributed by atoms with Gasteiger partial charge in [0.1, 0.15) is 0 Å². The van der Waals surface area contributed by atoms with Gasteiger partial charge in [0, 0.05) is 12.7 Å². The number of hydrogen-bond donors (Lipinski definition) is 2. The monoisotopic (exact) mass is 314 g/mol. The Morgan fingerprint density at radius 1 is 1.05 bits per heavy atom. The highest BCUT2D eigenvalue weighted by Crippen LogP contribution is 2.04. The van der Waals surface area contributed by atoms with E-state index in [4.69, 9.17) is 0 Å². The predicted octanol–water partition coefficient (Wildman–Crippen LogP) is 2.02. The summed E-state index contributed by atoms with van der Waals surface area (Å²) in [7, 11) is -1.26. The van der Waals surface area contributed by atoms with Gasteiger partial charge in [-0.15, -0.1) is 0 Å². The van der Waals surface area contributed by atoms with E-state index in [9.17, 15) is 4.79 Å². The molecule has 0 bridgehead atoms. The third-order valence-electron chi connectivity index (χ3n) is 3.33. The van der Waals surface area contributed by atoms with Crippen LogP contribution in [0.5, 0.6) is 0 Å². The normalized spacial score (nSPS) is 11.0. The van der Waals surface area contributed by atoms with Crippen molar-refractivity contribution in [3.8, 4) is 0 Å². The second-order valence-electron chi connectivity index (χ2n) is 6.20. The maximum absolute atomic E-state index is 11.8. The van der Waals surface area contributed by atoms with Crippen LogP contribution in [0.25, 0.3) is 0 Å². The number of amides is 2. The Balaban J connectivity index is 1.79. The first kappa shape index (κ1) is 16.2. The fraction of sp³-hybridized carbons (Fsp3) is 0.312. The zero-order valence-electron chi connectivity index (χ0n) is 13.3. The molecule has 0 radical (unpaired) electrons. The number of carbonyl (C=O) groups is 1. The Bertz CT molecular complexity index is 608. The molecule has 22 heavy (non-hydrogen) atoms. The molecule has 0 unspecified atom stereocenters. The SMILES string of the molecule is C[Si](C)(C)c1ccc(CNC(=O)NCc2cccnn2)cc1. The smallest absolute Gasteiger partial charge is 0.315 e. The molecule has 2 rings (SSSR count). The molecule has 0 aliphatic heterocycles. The largest absolute Gasteiger partial charge is 0.334 e. The summed E-state index contributed by atoms with van der Waals surface area (Å²) in [6, 6.07) is 11.9. The first-order valence-corrected chi connectivity index (χ1v) is 10.8. The van der Waals surface area contributed by atoms with Crippen molar-refractivity contribution in [3.63, 3.8) is 0 Å². The fourth-order valence-electron chi connectivity index (χ4n) is 1.97. The average Bonchev–Trinajstić information content (AvgIpc) is 2.51. The Hall–Kier alpha value is -2.21. The van der Waals surface area contributed by atoms with Crippen LogP contribution in [0.3, 0.4) is 0 Å². The quantitative estimate of drug-likeness (QED) is 0.830. The van der Waals surface area contributed by atoms with Crippen LogP contribution < -0.4 is 15.8 Å². The van der Waals surface area contributed by atoms with Crippen LogP contribution in [0.1, 0.15) is 11.3 Å². The van der Waals surface area contributed by atoms with Crippen molar-refractivity contribution >= 4 is 19.3 Å². The molecule has 2 N–H and O–H groups in total. The minimum absolute atomic E-state index is 0.208. The van der Waals surface area contributed by atoms with Crippen LogP contribution in [0, 0.1) is 0 Å². The molecular formula is C16H22N4OSi. The van der Waals surface area contributed by atoms with Crippen molar-refractivity contribution in [2.75, 3.05) is 0 Å². The molecular weight excluding hydrogens is 292 g/mol. The number of hydrogen-bond acceptors (Lipinski definition) is 3. The average molecular weight is 314 g/mol. The van der Waals surface area contributed by atoms with E-state index in [0.717, 1.165) is 11.3 Å². The second-order valence-corrected chi connectivity index (χ2v) is 11.3. The number of rotatable bonds is 5. The van der Waals surface area contributed by atoms with Gasteiger partial charge in [0.2, 0.25) is 0 Å². The van der Waals surface area contributed by atoms with Gasteiger partial charge in [0.05, 0.1) is 20.3 Å². The molecule has 0 aliphatic rings. The summed E-state index contributed by atoms with van der Waals surface area (Å²) in [5.41, 5.74) is 1.83. The first-order valence-electron chi connectivity index (χ1n) is 7.33. The van der Waals surface area contributed by atoms with E-state index in [0.29, 0.717) is 13.1 Å². The van der Waals surface area contributed by atoms with Gasteiger partial charge in [-0.3, -0.25) is 0 Å². The molecule has 0 atom stereocenters. The third kappa shape index (κ3) is 4.96. The highest BCUT2D eigenvalue weighted by atomic mass is 28.3. The number of carbonyl (C=O) groups excluding carboxylic acids is 1. The van der Waals surface area contributed by atoms with Gasteiger partial charge in [-0.05, 0) is 17.7 Å². The second kappa shape index (κ2) is 7.17. The lowest BCUT2D eigenvalue weighted by Crippen LogP contribution is -2.37. The van der Waals surface area contributed by atoms with Gasteiger partial charge >= 0.3 is 6.03 Å². The van der Waals surface area contributed by atoms with Crippen molar-refractivity contribution in [2.45, 2.75) is 32.7 Å². The lowest BCUT2D eigenvalue weighted by molar-refractivity contribution is 0.240. The van der Waals surface area contributed by atoms with Crippen molar-refractivity contribution in [1.29, 1.82) is 0 Å². The minimum Gasteiger partial charge on any atom is -0.334 e. The highest BCUT2D eigenvalue weighted by Gasteiger charge is 2.15. The summed E-state index contributed by atoms with van der Waals surface area (Å²) in [6.45, 7) is 7.84. The van der Waals surface area contributed by atoms with Gasteiger partial charge < -0.3 is 10.6 Å². The zero-order chi connectivity index (χ0) is 16.0. The van der Waals surface area contributed by atoms with Gasteiger partial charge in [-0.1, -0.05) is 49.1 Å². The predicted molar refractivity (Wildman–Crippen MR) is 90.5 cm³/mol. The van der Waals surface area contributed by atoms with E-state index in [1.807, 2.05) is 6.07 Å². The molecule has 0 fully saturated rings. The van der Waals surface area contributed by atoms with Gasteiger partial charge in [-0.25, -0.2) is 4.79 Å². The highest BCUT2D eigenvalue weighted by molar-refractivity contribution is 6.88. The summed E-state index contributed by atoms with van der Waals surface area (Å²) in [5, 5.41) is 14.7. The molecule has 116 valence electrons. The molecule has 0 saturated carbocycles. The molecule has 0 saturated heterocycles. The van der Waals surface area contributed by atoms with Gasteiger partial charge in [0.15, 0.2) is 0 Å². The summed E-state index contributed by atoms with van der Waals surface area (Å²) < 4.78 is 0. The molecule has 1 aromatic heterocycles. The van der Waals surface area contributed by atoms with Crippen molar-refractivity contribution in [1.82, 2.24) is 20.8 Å². The van der Waals surface area contributed by atoms with Crippen LogP contribution in [0.4, 0.5) is 4.79 Å². The Morgan fingerprint density at radius 2 is 1.73 bits per heavy atom. The van der Waals surface area contributed by atoms with Crippen LogP contribution >= 0.6 is 0 Å². The van der Waals surface area contributed by atoms with Crippen LogP contribution in [-0.4, -0.2) is 24.3 Å². The standard InChI is InChI=1S/C16H22N4OSi/c1-22(2,3)15-8-6-13(7-9-15)11-17-16(21)18-12-14-5-4-10-19-20-14/h4-10H,11-12H2,1-3H3,(H2,17,18,21). The first-order chi connectivity index (χ1) is 10.4. The van der Waals surface area contributed by atoms with Crippen LogP contribution in [0.2, 0.25) is 19.6 Å². The van der Waals surface area contributed by atoms with Crippen LogP contribution in [0.15, 0.2) is 42.6 Å². The van der Waals surface area contributed by atoms with Crippen LogP contribution in [-0.2, 0) is 13.1 Å². The Labute approximate surface area is 132 Å². The van der Waals surface area contributed by atoms with E-state index in [1.165, 1.54) is 5.19 Å². The maximum atomic E-state index is 11.8. The number of benzene rings is 1. The van der Waals surface area contributed by atoms with E-state index in [1.54, 1.807) is 12.3 Å².